The molecule has 0 saturated carbocycles. The Morgan fingerprint density at radius 2 is 2.00 bits per heavy atom. The quantitative estimate of drug-likeness (QED) is 0.856. The predicted molar refractivity (Wildman–Crippen MR) is 76.1 cm³/mol. The van der Waals surface area contributed by atoms with E-state index < -0.39 is 0 Å². The number of aromatic nitrogens is 4. The van der Waals surface area contributed by atoms with Gasteiger partial charge in [-0.15, -0.1) is 5.10 Å². The summed E-state index contributed by atoms with van der Waals surface area (Å²) in [6.07, 6.45) is 3.61. The highest BCUT2D eigenvalue weighted by Gasteiger charge is 2.03. The van der Waals surface area contributed by atoms with Crippen LogP contribution < -0.4 is 10.2 Å². The fraction of sp³-hybridized carbons (Fsp3) is 0.462. The number of hydrogen-bond acceptors (Lipinski definition) is 5. The molecule has 0 amide bonds. The third-order valence-corrected chi connectivity index (χ3v) is 3.12. The number of pyridine rings is 1. The van der Waals surface area contributed by atoms with Gasteiger partial charge in [0.15, 0.2) is 0 Å². The molecule has 0 aliphatic rings. The van der Waals surface area contributed by atoms with Crippen LogP contribution in [0.25, 0.3) is 0 Å². The Morgan fingerprint density at radius 1 is 1.21 bits per heavy atom. The fourth-order valence-corrected chi connectivity index (χ4v) is 1.89. The standard InChI is InChI=1S/C13H20N6/c1-4-19(5-2)13-7-6-11(8-15-13)14-9-12-10-16-17-18(12)3/h6-8,10,14H,4-5,9H2,1-3H3. The maximum absolute atomic E-state index is 4.47. The van der Waals surface area contributed by atoms with E-state index >= 15 is 0 Å². The van der Waals surface area contributed by atoms with E-state index in [9.17, 15) is 0 Å². The van der Waals surface area contributed by atoms with Crippen molar-refractivity contribution in [1.82, 2.24) is 20.0 Å². The minimum absolute atomic E-state index is 0.690. The molecule has 0 spiro atoms. The Kier molecular flexibility index (Phi) is 4.33. The molecule has 0 unspecified atom stereocenters. The van der Waals surface area contributed by atoms with E-state index in [2.05, 4.69) is 39.4 Å². The second-order valence-electron chi connectivity index (χ2n) is 4.28. The van der Waals surface area contributed by atoms with E-state index in [0.717, 1.165) is 30.3 Å². The van der Waals surface area contributed by atoms with E-state index in [1.54, 1.807) is 10.9 Å². The van der Waals surface area contributed by atoms with Crippen molar-refractivity contribution in [2.45, 2.75) is 20.4 Å². The molecular weight excluding hydrogens is 240 g/mol. The van der Waals surface area contributed by atoms with E-state index in [-0.39, 0.29) is 0 Å². The van der Waals surface area contributed by atoms with Gasteiger partial charge in [-0.25, -0.2) is 4.98 Å². The summed E-state index contributed by atoms with van der Waals surface area (Å²) in [7, 11) is 1.88. The Labute approximate surface area is 113 Å². The average Bonchev–Trinajstić information content (AvgIpc) is 2.85. The first-order chi connectivity index (χ1) is 9.24. The lowest BCUT2D eigenvalue weighted by Crippen LogP contribution is -2.22. The molecule has 6 heteroatoms. The van der Waals surface area contributed by atoms with Gasteiger partial charge in [0.25, 0.3) is 0 Å². The summed E-state index contributed by atoms with van der Waals surface area (Å²) in [5.41, 5.74) is 2.03. The first-order valence-corrected chi connectivity index (χ1v) is 6.53. The van der Waals surface area contributed by atoms with Crippen molar-refractivity contribution in [3.8, 4) is 0 Å². The molecule has 0 radical (unpaired) electrons. The third-order valence-electron chi connectivity index (χ3n) is 3.12. The van der Waals surface area contributed by atoms with Crippen molar-refractivity contribution in [3.05, 3.63) is 30.2 Å². The van der Waals surface area contributed by atoms with Crippen LogP contribution >= 0.6 is 0 Å². The van der Waals surface area contributed by atoms with E-state index in [4.69, 9.17) is 0 Å². The van der Waals surface area contributed by atoms with Crippen LogP contribution in [-0.2, 0) is 13.6 Å². The number of hydrogen-bond donors (Lipinski definition) is 1. The van der Waals surface area contributed by atoms with E-state index in [1.807, 2.05) is 25.4 Å². The van der Waals surface area contributed by atoms with Gasteiger partial charge in [0.05, 0.1) is 30.3 Å². The lowest BCUT2D eigenvalue weighted by molar-refractivity contribution is 0.683. The van der Waals surface area contributed by atoms with Crippen LogP contribution in [0.1, 0.15) is 19.5 Å². The summed E-state index contributed by atoms with van der Waals surface area (Å²) in [5, 5.41) is 11.0. The fourth-order valence-electron chi connectivity index (χ4n) is 1.89. The number of aryl methyl sites for hydroxylation is 1. The van der Waals surface area contributed by atoms with Crippen molar-refractivity contribution in [1.29, 1.82) is 0 Å². The zero-order chi connectivity index (χ0) is 13.7. The van der Waals surface area contributed by atoms with Crippen molar-refractivity contribution < 1.29 is 0 Å². The van der Waals surface area contributed by atoms with Crippen LogP contribution in [0.2, 0.25) is 0 Å². The molecule has 2 aromatic rings. The smallest absolute Gasteiger partial charge is 0.128 e. The van der Waals surface area contributed by atoms with Gasteiger partial charge < -0.3 is 10.2 Å². The minimum atomic E-state index is 0.690. The number of nitrogens with zero attached hydrogens (tertiary/aromatic N) is 5. The Morgan fingerprint density at radius 3 is 2.53 bits per heavy atom. The van der Waals surface area contributed by atoms with Crippen molar-refractivity contribution in [2.75, 3.05) is 23.3 Å². The van der Waals surface area contributed by atoms with Gasteiger partial charge in [-0.1, -0.05) is 5.21 Å². The van der Waals surface area contributed by atoms with Gasteiger partial charge in [0, 0.05) is 20.1 Å². The molecule has 19 heavy (non-hydrogen) atoms. The molecule has 6 nitrogen and oxygen atoms in total. The summed E-state index contributed by atoms with van der Waals surface area (Å²) in [6.45, 7) is 6.89. The molecule has 0 aliphatic carbocycles. The minimum Gasteiger partial charge on any atom is -0.378 e. The lowest BCUT2D eigenvalue weighted by atomic mass is 10.3. The summed E-state index contributed by atoms with van der Waals surface area (Å²) in [4.78, 5) is 6.69. The molecule has 2 heterocycles. The molecule has 1 N–H and O–H groups in total. The van der Waals surface area contributed by atoms with Gasteiger partial charge in [-0.3, -0.25) is 4.68 Å². The third kappa shape index (κ3) is 3.21. The largest absolute Gasteiger partial charge is 0.378 e. The first kappa shape index (κ1) is 13.3. The Balaban J connectivity index is 1.97. The van der Waals surface area contributed by atoms with Crippen LogP contribution in [-0.4, -0.2) is 33.1 Å². The van der Waals surface area contributed by atoms with Gasteiger partial charge in [0.2, 0.25) is 0 Å². The van der Waals surface area contributed by atoms with Gasteiger partial charge >= 0.3 is 0 Å². The topological polar surface area (TPSA) is 58.9 Å². The van der Waals surface area contributed by atoms with Crippen molar-refractivity contribution in [2.24, 2.45) is 7.05 Å². The molecule has 0 fully saturated rings. The zero-order valence-corrected chi connectivity index (χ0v) is 11.7. The first-order valence-electron chi connectivity index (χ1n) is 6.53. The lowest BCUT2D eigenvalue weighted by Gasteiger charge is -2.19. The second kappa shape index (κ2) is 6.17. The van der Waals surface area contributed by atoms with Crippen LogP contribution in [0.3, 0.4) is 0 Å². The SMILES string of the molecule is CCN(CC)c1ccc(NCc2cnnn2C)cn1. The highest BCUT2D eigenvalue weighted by Crippen LogP contribution is 2.14. The number of nitrogens with one attached hydrogen (secondary N) is 1. The summed E-state index contributed by atoms with van der Waals surface area (Å²) in [6, 6.07) is 4.08. The highest BCUT2D eigenvalue weighted by molar-refractivity contribution is 5.48. The van der Waals surface area contributed by atoms with Crippen LogP contribution in [0.15, 0.2) is 24.5 Å². The molecule has 0 aromatic carbocycles. The molecule has 102 valence electrons. The van der Waals surface area contributed by atoms with Crippen LogP contribution in [0.4, 0.5) is 11.5 Å². The summed E-state index contributed by atoms with van der Waals surface area (Å²) >= 11 is 0. The molecule has 0 aliphatic heterocycles. The van der Waals surface area contributed by atoms with Crippen LogP contribution in [0.5, 0.6) is 0 Å². The Bertz CT molecular complexity index is 500. The maximum atomic E-state index is 4.47. The second-order valence-corrected chi connectivity index (χ2v) is 4.28. The number of anilines is 2. The van der Waals surface area contributed by atoms with E-state index in [0.29, 0.717) is 6.54 Å². The molecule has 2 aromatic heterocycles. The monoisotopic (exact) mass is 260 g/mol. The highest BCUT2D eigenvalue weighted by atomic mass is 15.4. The summed E-state index contributed by atoms with van der Waals surface area (Å²) < 4.78 is 1.75. The van der Waals surface area contributed by atoms with Gasteiger partial charge in [-0.2, -0.15) is 0 Å². The van der Waals surface area contributed by atoms with E-state index in [1.165, 1.54) is 0 Å². The van der Waals surface area contributed by atoms with Gasteiger partial charge in [-0.05, 0) is 26.0 Å². The predicted octanol–water partition coefficient (Wildman–Crippen LogP) is 1.67. The van der Waals surface area contributed by atoms with Crippen LogP contribution in [0, 0.1) is 0 Å². The normalized spacial score (nSPS) is 10.5. The molecule has 2 rings (SSSR count). The maximum Gasteiger partial charge on any atom is 0.128 e. The van der Waals surface area contributed by atoms with Gasteiger partial charge in [0.1, 0.15) is 5.82 Å². The molecular formula is C13H20N6. The Hall–Kier alpha value is -2.11. The van der Waals surface area contributed by atoms with Crippen molar-refractivity contribution in [3.63, 3.8) is 0 Å². The summed E-state index contributed by atoms with van der Waals surface area (Å²) in [5.74, 6) is 1.01. The molecule has 0 saturated heterocycles. The van der Waals surface area contributed by atoms with Crippen molar-refractivity contribution >= 4 is 11.5 Å². The molecule has 0 atom stereocenters. The molecule has 0 bridgehead atoms. The number of rotatable bonds is 6. The average molecular weight is 260 g/mol. The zero-order valence-electron chi connectivity index (χ0n) is 11.7.